The molecule has 0 aromatic rings. The van der Waals surface area contributed by atoms with Gasteiger partial charge in [0.05, 0.1) is 6.07 Å². The van der Waals surface area contributed by atoms with Gasteiger partial charge >= 0.3 is 0 Å². The highest BCUT2D eigenvalue weighted by Gasteiger charge is 2.05. The van der Waals surface area contributed by atoms with Crippen LogP contribution in [0.5, 0.6) is 0 Å². The highest BCUT2D eigenvalue weighted by Crippen LogP contribution is 2.23. The average Bonchev–Trinajstić information content (AvgIpc) is 2.03. The zero-order valence-corrected chi connectivity index (χ0v) is 7.15. The van der Waals surface area contributed by atoms with Crippen LogP contribution in [0.4, 0.5) is 0 Å². The van der Waals surface area contributed by atoms with Gasteiger partial charge in [-0.2, -0.15) is 5.26 Å². The molecule has 0 saturated heterocycles. The highest BCUT2D eigenvalue weighted by atomic mass is 14.2. The standard InChI is InChI=1S/C10H13N/c1-8-4-3-5-10(6-8)9(2)7-11/h6H,3-5H2,1-2H3. The van der Waals surface area contributed by atoms with E-state index in [2.05, 4.69) is 19.1 Å². The molecule has 0 atom stereocenters. The molecule has 0 aliphatic heterocycles. The molecule has 1 aliphatic rings. The maximum absolute atomic E-state index is 8.64. The Morgan fingerprint density at radius 3 is 2.82 bits per heavy atom. The number of nitrogens with zero attached hydrogens (tertiary/aromatic N) is 1. The second kappa shape index (κ2) is 3.39. The predicted octanol–water partition coefficient (Wildman–Crippen LogP) is 2.96. The van der Waals surface area contributed by atoms with Gasteiger partial charge in [0.25, 0.3) is 0 Å². The molecular formula is C10H13N. The van der Waals surface area contributed by atoms with Gasteiger partial charge in [-0.05, 0) is 38.7 Å². The van der Waals surface area contributed by atoms with Gasteiger partial charge < -0.3 is 0 Å². The van der Waals surface area contributed by atoms with E-state index in [1.54, 1.807) is 0 Å². The van der Waals surface area contributed by atoms with Gasteiger partial charge in [-0.1, -0.05) is 11.6 Å². The summed E-state index contributed by atoms with van der Waals surface area (Å²) in [4.78, 5) is 0. The minimum absolute atomic E-state index is 0.879. The second-order valence-corrected chi connectivity index (χ2v) is 3.11. The summed E-state index contributed by atoms with van der Waals surface area (Å²) in [7, 11) is 0. The van der Waals surface area contributed by atoms with Crippen LogP contribution in [0.25, 0.3) is 0 Å². The minimum atomic E-state index is 0.879. The van der Waals surface area contributed by atoms with Crippen molar-refractivity contribution >= 4 is 0 Å². The molecule has 1 nitrogen and oxygen atoms in total. The molecule has 0 fully saturated rings. The number of nitriles is 1. The van der Waals surface area contributed by atoms with Gasteiger partial charge in [-0.15, -0.1) is 0 Å². The summed E-state index contributed by atoms with van der Waals surface area (Å²) >= 11 is 0. The lowest BCUT2D eigenvalue weighted by Gasteiger charge is -2.11. The normalized spacial score (nSPS) is 22.1. The maximum atomic E-state index is 8.64. The van der Waals surface area contributed by atoms with Crippen molar-refractivity contribution in [2.24, 2.45) is 0 Å². The fourth-order valence-corrected chi connectivity index (χ4v) is 1.37. The Hall–Kier alpha value is -1.03. The van der Waals surface area contributed by atoms with Gasteiger partial charge in [0, 0.05) is 5.57 Å². The summed E-state index contributed by atoms with van der Waals surface area (Å²) in [5.41, 5.74) is 3.51. The van der Waals surface area contributed by atoms with E-state index in [4.69, 9.17) is 5.26 Å². The molecule has 0 radical (unpaired) electrons. The highest BCUT2D eigenvalue weighted by molar-refractivity contribution is 5.36. The second-order valence-electron chi connectivity index (χ2n) is 3.11. The van der Waals surface area contributed by atoms with Crippen LogP contribution < -0.4 is 0 Å². The van der Waals surface area contributed by atoms with Gasteiger partial charge in [0.1, 0.15) is 0 Å². The Balaban J connectivity index is 2.91. The molecule has 0 N–H and O–H groups in total. The molecule has 0 heterocycles. The Morgan fingerprint density at radius 1 is 1.55 bits per heavy atom. The van der Waals surface area contributed by atoms with E-state index in [-0.39, 0.29) is 0 Å². The zero-order chi connectivity index (χ0) is 8.27. The average molecular weight is 147 g/mol. The molecule has 0 spiro atoms. The molecule has 0 amide bonds. The van der Waals surface area contributed by atoms with E-state index in [1.165, 1.54) is 24.0 Å². The van der Waals surface area contributed by atoms with Crippen molar-refractivity contribution in [3.05, 3.63) is 22.8 Å². The van der Waals surface area contributed by atoms with Crippen LogP contribution in [0, 0.1) is 11.3 Å². The quantitative estimate of drug-likeness (QED) is 0.483. The van der Waals surface area contributed by atoms with Crippen LogP contribution in [0.2, 0.25) is 0 Å². The van der Waals surface area contributed by atoms with E-state index < -0.39 is 0 Å². The molecule has 1 rings (SSSR count). The Bertz CT molecular complexity index is 251. The van der Waals surface area contributed by atoms with Gasteiger partial charge in [0.15, 0.2) is 0 Å². The molecule has 0 aromatic carbocycles. The third kappa shape index (κ3) is 1.94. The summed E-state index contributed by atoms with van der Waals surface area (Å²) in [6.07, 6.45) is 5.64. The summed E-state index contributed by atoms with van der Waals surface area (Å²) in [5, 5.41) is 8.64. The molecule has 11 heavy (non-hydrogen) atoms. The smallest absolute Gasteiger partial charge is 0.0946 e. The molecule has 58 valence electrons. The van der Waals surface area contributed by atoms with Crippen LogP contribution in [0.1, 0.15) is 33.1 Å². The summed E-state index contributed by atoms with van der Waals surface area (Å²) in [5.74, 6) is 0. The van der Waals surface area contributed by atoms with Crippen LogP contribution in [0.3, 0.4) is 0 Å². The van der Waals surface area contributed by atoms with Crippen molar-refractivity contribution in [3.8, 4) is 6.07 Å². The predicted molar refractivity (Wildman–Crippen MR) is 45.9 cm³/mol. The minimum Gasteiger partial charge on any atom is -0.193 e. The molecule has 0 bridgehead atoms. The Morgan fingerprint density at radius 2 is 2.27 bits per heavy atom. The van der Waals surface area contributed by atoms with Crippen molar-refractivity contribution in [2.75, 3.05) is 0 Å². The summed E-state index contributed by atoms with van der Waals surface area (Å²) < 4.78 is 0. The SMILES string of the molecule is CC1=CC(=C(C)C#N)CCC1. The third-order valence-corrected chi connectivity index (χ3v) is 2.09. The molecule has 0 unspecified atom stereocenters. The summed E-state index contributed by atoms with van der Waals surface area (Å²) in [6, 6.07) is 2.19. The molecule has 1 heteroatoms. The molecule has 0 aromatic heterocycles. The topological polar surface area (TPSA) is 23.8 Å². The number of hydrogen-bond acceptors (Lipinski definition) is 1. The van der Waals surface area contributed by atoms with Crippen molar-refractivity contribution in [1.29, 1.82) is 5.26 Å². The van der Waals surface area contributed by atoms with E-state index >= 15 is 0 Å². The Kier molecular flexibility index (Phi) is 2.48. The van der Waals surface area contributed by atoms with Gasteiger partial charge in [0.2, 0.25) is 0 Å². The molecule has 0 saturated carbocycles. The number of rotatable bonds is 0. The van der Waals surface area contributed by atoms with E-state index in [9.17, 15) is 0 Å². The third-order valence-electron chi connectivity index (χ3n) is 2.09. The van der Waals surface area contributed by atoms with Crippen LogP contribution in [-0.2, 0) is 0 Å². The monoisotopic (exact) mass is 147 g/mol. The van der Waals surface area contributed by atoms with Crippen LogP contribution >= 0.6 is 0 Å². The number of hydrogen-bond donors (Lipinski definition) is 0. The van der Waals surface area contributed by atoms with E-state index in [1.807, 2.05) is 6.92 Å². The maximum Gasteiger partial charge on any atom is 0.0946 e. The lowest BCUT2D eigenvalue weighted by atomic mass is 9.93. The number of allylic oxidation sites excluding steroid dienone is 4. The van der Waals surface area contributed by atoms with Crippen molar-refractivity contribution in [1.82, 2.24) is 0 Å². The first-order chi connectivity index (χ1) is 5.24. The van der Waals surface area contributed by atoms with Crippen molar-refractivity contribution in [2.45, 2.75) is 33.1 Å². The molecular weight excluding hydrogens is 134 g/mol. The van der Waals surface area contributed by atoms with E-state index in [0.29, 0.717) is 0 Å². The lowest BCUT2D eigenvalue weighted by molar-refractivity contribution is 0.779. The first-order valence-electron chi connectivity index (χ1n) is 4.01. The van der Waals surface area contributed by atoms with Gasteiger partial charge in [-0.3, -0.25) is 0 Å². The lowest BCUT2D eigenvalue weighted by Crippen LogP contribution is -1.93. The summed E-state index contributed by atoms with van der Waals surface area (Å²) in [6.45, 7) is 4.02. The first kappa shape index (κ1) is 8.07. The van der Waals surface area contributed by atoms with Gasteiger partial charge in [-0.25, -0.2) is 0 Å². The largest absolute Gasteiger partial charge is 0.193 e. The van der Waals surface area contributed by atoms with Crippen molar-refractivity contribution in [3.63, 3.8) is 0 Å². The zero-order valence-electron chi connectivity index (χ0n) is 7.15. The van der Waals surface area contributed by atoms with E-state index in [0.717, 1.165) is 12.0 Å². The van der Waals surface area contributed by atoms with Crippen molar-refractivity contribution < 1.29 is 0 Å². The molecule has 1 aliphatic carbocycles. The first-order valence-corrected chi connectivity index (χ1v) is 4.01. The van der Waals surface area contributed by atoms with Crippen LogP contribution in [-0.4, -0.2) is 0 Å². The fraction of sp³-hybridized carbons (Fsp3) is 0.500. The fourth-order valence-electron chi connectivity index (χ4n) is 1.37. The van der Waals surface area contributed by atoms with Crippen LogP contribution in [0.15, 0.2) is 22.8 Å². The Labute approximate surface area is 68.0 Å².